The lowest BCUT2D eigenvalue weighted by atomic mass is 9.91. The quantitative estimate of drug-likeness (QED) is 0.254. The molecule has 0 bridgehead atoms. The van der Waals surface area contributed by atoms with Gasteiger partial charge in [-0.15, -0.1) is 11.8 Å². The summed E-state index contributed by atoms with van der Waals surface area (Å²) in [6, 6.07) is 10.5. The lowest BCUT2D eigenvalue weighted by molar-refractivity contribution is 0.0921. The Morgan fingerprint density at radius 3 is 2.67 bits per heavy atom. The van der Waals surface area contributed by atoms with Gasteiger partial charge in [0.05, 0.1) is 17.9 Å². The first-order valence-corrected chi connectivity index (χ1v) is 15.4. The molecule has 0 unspecified atom stereocenters. The van der Waals surface area contributed by atoms with Crippen LogP contribution in [0.15, 0.2) is 58.5 Å². The summed E-state index contributed by atoms with van der Waals surface area (Å²) < 4.78 is 56.7. The van der Waals surface area contributed by atoms with Gasteiger partial charge in [0.25, 0.3) is 5.91 Å². The molecule has 204 valence electrons. The molecular formula is C25H24FN5O5S3. The largest absolute Gasteiger partial charge is 0.506 e. The maximum atomic E-state index is 14.0. The Hall–Kier alpha value is -3.33. The van der Waals surface area contributed by atoms with Crippen molar-refractivity contribution in [3.05, 3.63) is 60.0 Å². The molecule has 1 amide bonds. The molecule has 39 heavy (non-hydrogen) atoms. The summed E-state index contributed by atoms with van der Waals surface area (Å²) in [4.78, 5) is 17.7. The minimum absolute atomic E-state index is 0.0147. The molecule has 5 rings (SSSR count). The fraction of sp³-hybridized carbons (Fsp3) is 0.280. The molecule has 1 aliphatic rings. The van der Waals surface area contributed by atoms with Gasteiger partial charge in [-0.3, -0.25) is 4.79 Å². The first kappa shape index (κ1) is 27.2. The SMILES string of the molecule is CSc1cccc(Oc2ncc(F)cc2C(=O)NC2CCC(NS(=O)(=O)c3c(O)ccc4nsnc34)CC2)c1. The van der Waals surface area contributed by atoms with Crippen molar-refractivity contribution in [2.45, 2.75) is 47.6 Å². The zero-order chi connectivity index (χ0) is 27.6. The number of aromatic hydroxyl groups is 1. The third kappa shape index (κ3) is 6.13. The standard InChI is InChI=1S/C25H24FN5O5S3/c1-37-18-4-2-3-17(12-18)36-25-19(11-14(26)13-27-25)24(33)28-15-5-7-16(8-6-15)31-39(34,35)23-21(32)10-9-20-22(23)30-38-29-20/h2-4,9-13,15-16,31-32H,5-8H2,1H3,(H,28,33). The molecule has 4 aromatic rings. The summed E-state index contributed by atoms with van der Waals surface area (Å²) >= 11 is 2.40. The van der Waals surface area contributed by atoms with Gasteiger partial charge in [0.2, 0.25) is 15.9 Å². The minimum atomic E-state index is -4.07. The lowest BCUT2D eigenvalue weighted by Gasteiger charge is -2.29. The molecule has 0 atom stereocenters. The molecule has 2 aromatic carbocycles. The number of pyridine rings is 1. The molecular weight excluding hydrogens is 566 g/mol. The van der Waals surface area contributed by atoms with Crippen molar-refractivity contribution in [1.82, 2.24) is 23.8 Å². The van der Waals surface area contributed by atoms with Crippen LogP contribution in [-0.2, 0) is 10.0 Å². The lowest BCUT2D eigenvalue weighted by Crippen LogP contribution is -2.43. The predicted octanol–water partition coefficient (Wildman–Crippen LogP) is 4.46. The number of phenols is 1. The summed E-state index contributed by atoms with van der Waals surface area (Å²) in [5.41, 5.74) is 0.472. The smallest absolute Gasteiger partial charge is 0.257 e. The van der Waals surface area contributed by atoms with Crippen molar-refractivity contribution >= 4 is 50.5 Å². The predicted molar refractivity (Wildman–Crippen MR) is 145 cm³/mol. The van der Waals surface area contributed by atoms with Gasteiger partial charge in [0, 0.05) is 17.0 Å². The van der Waals surface area contributed by atoms with Gasteiger partial charge >= 0.3 is 0 Å². The van der Waals surface area contributed by atoms with Crippen molar-refractivity contribution in [3.63, 3.8) is 0 Å². The van der Waals surface area contributed by atoms with Crippen LogP contribution >= 0.6 is 23.5 Å². The van der Waals surface area contributed by atoms with Crippen LogP contribution in [0.25, 0.3) is 11.0 Å². The van der Waals surface area contributed by atoms with E-state index in [1.165, 1.54) is 23.9 Å². The summed E-state index contributed by atoms with van der Waals surface area (Å²) in [5.74, 6) is -1.14. The van der Waals surface area contributed by atoms with Gasteiger partial charge < -0.3 is 15.2 Å². The second-order valence-electron chi connectivity index (χ2n) is 8.98. The number of phenolic OH excluding ortho intramolecular Hbond substituents is 1. The Balaban J connectivity index is 1.23. The zero-order valence-electron chi connectivity index (χ0n) is 20.6. The normalized spacial score (nSPS) is 17.7. The second-order valence-corrected chi connectivity index (χ2v) is 12.0. The average molecular weight is 590 g/mol. The Kier molecular flexibility index (Phi) is 7.98. The first-order chi connectivity index (χ1) is 18.7. The maximum absolute atomic E-state index is 14.0. The Morgan fingerprint density at radius 1 is 1.13 bits per heavy atom. The van der Waals surface area contributed by atoms with Gasteiger partial charge in [0.1, 0.15) is 33.9 Å². The number of fused-ring (bicyclic) bond motifs is 1. The maximum Gasteiger partial charge on any atom is 0.257 e. The molecule has 2 aromatic heterocycles. The highest BCUT2D eigenvalue weighted by molar-refractivity contribution is 7.98. The number of rotatable bonds is 8. The van der Waals surface area contributed by atoms with Crippen LogP contribution in [-0.4, -0.2) is 51.5 Å². The number of halogens is 1. The van der Waals surface area contributed by atoms with Crippen LogP contribution in [0.1, 0.15) is 36.0 Å². The van der Waals surface area contributed by atoms with Crippen LogP contribution in [0.5, 0.6) is 17.4 Å². The van der Waals surface area contributed by atoms with Gasteiger partial charge in [-0.05, 0) is 68.3 Å². The molecule has 3 N–H and O–H groups in total. The number of benzene rings is 2. The minimum Gasteiger partial charge on any atom is -0.506 e. The van der Waals surface area contributed by atoms with E-state index in [1.54, 1.807) is 12.1 Å². The number of hydrogen-bond donors (Lipinski definition) is 3. The van der Waals surface area contributed by atoms with Gasteiger partial charge in [-0.25, -0.2) is 22.5 Å². The number of thioether (sulfide) groups is 1. The first-order valence-electron chi connectivity index (χ1n) is 12.0. The second kappa shape index (κ2) is 11.4. The van der Waals surface area contributed by atoms with Crippen LogP contribution in [0.3, 0.4) is 0 Å². The van der Waals surface area contributed by atoms with E-state index in [4.69, 9.17) is 4.74 Å². The van der Waals surface area contributed by atoms with Crippen molar-refractivity contribution in [3.8, 4) is 17.4 Å². The van der Waals surface area contributed by atoms with E-state index in [0.717, 1.165) is 28.9 Å². The van der Waals surface area contributed by atoms with Crippen molar-refractivity contribution in [2.24, 2.45) is 0 Å². The van der Waals surface area contributed by atoms with Gasteiger partial charge in [0.15, 0.2) is 4.90 Å². The van der Waals surface area contributed by atoms with E-state index < -0.39 is 33.5 Å². The summed E-state index contributed by atoms with van der Waals surface area (Å²) in [7, 11) is -4.07. The number of amides is 1. The molecule has 0 radical (unpaired) electrons. The number of hydrogen-bond acceptors (Lipinski definition) is 10. The monoisotopic (exact) mass is 589 g/mol. The zero-order valence-corrected chi connectivity index (χ0v) is 23.1. The van der Waals surface area contributed by atoms with Crippen LogP contribution in [0, 0.1) is 5.82 Å². The Bertz CT molecular complexity index is 1620. The molecule has 1 fully saturated rings. The van der Waals surface area contributed by atoms with Gasteiger partial charge in [-0.2, -0.15) is 8.75 Å². The van der Waals surface area contributed by atoms with Crippen LogP contribution < -0.4 is 14.8 Å². The van der Waals surface area contributed by atoms with E-state index in [1.807, 2.05) is 18.4 Å². The molecule has 0 aliphatic heterocycles. The highest BCUT2D eigenvalue weighted by Gasteiger charge is 2.30. The fourth-order valence-electron chi connectivity index (χ4n) is 4.43. The number of nitrogens with zero attached hydrogens (tertiary/aromatic N) is 3. The number of ether oxygens (including phenoxy) is 1. The number of nitrogens with one attached hydrogen (secondary N) is 2. The van der Waals surface area contributed by atoms with Crippen LogP contribution in [0.2, 0.25) is 0 Å². The molecule has 2 heterocycles. The molecule has 14 heteroatoms. The van der Waals surface area contributed by atoms with E-state index in [0.29, 0.717) is 36.9 Å². The average Bonchev–Trinajstić information content (AvgIpc) is 3.39. The van der Waals surface area contributed by atoms with Crippen molar-refractivity contribution in [2.75, 3.05) is 6.26 Å². The Morgan fingerprint density at radius 2 is 1.90 bits per heavy atom. The topological polar surface area (TPSA) is 143 Å². The van der Waals surface area contributed by atoms with E-state index in [2.05, 4.69) is 23.8 Å². The molecule has 1 saturated carbocycles. The highest BCUT2D eigenvalue weighted by Crippen LogP contribution is 2.32. The number of carbonyl (C=O) groups excluding carboxylic acids is 1. The fourth-order valence-corrected chi connectivity index (χ4v) is 7.02. The van der Waals surface area contributed by atoms with E-state index >= 15 is 0 Å². The molecule has 1 aliphatic carbocycles. The molecule has 10 nitrogen and oxygen atoms in total. The molecule has 0 saturated heterocycles. The Labute approximate surface area is 232 Å². The van der Waals surface area contributed by atoms with Crippen molar-refractivity contribution < 1.29 is 27.4 Å². The summed E-state index contributed by atoms with van der Waals surface area (Å²) in [5, 5.41) is 13.1. The van der Waals surface area contributed by atoms with Gasteiger partial charge in [-0.1, -0.05) is 6.07 Å². The van der Waals surface area contributed by atoms with E-state index in [9.17, 15) is 22.7 Å². The third-order valence-electron chi connectivity index (χ3n) is 6.33. The van der Waals surface area contributed by atoms with Crippen molar-refractivity contribution in [1.29, 1.82) is 0 Å². The number of aromatic nitrogens is 3. The molecule has 0 spiro atoms. The van der Waals surface area contributed by atoms with E-state index in [-0.39, 0.29) is 27.9 Å². The van der Waals surface area contributed by atoms with Crippen LogP contribution in [0.4, 0.5) is 4.39 Å². The summed E-state index contributed by atoms with van der Waals surface area (Å²) in [6.07, 6.45) is 4.79. The summed E-state index contributed by atoms with van der Waals surface area (Å²) in [6.45, 7) is 0. The third-order valence-corrected chi connectivity index (χ3v) is 9.18. The highest BCUT2D eigenvalue weighted by atomic mass is 32.2. The number of sulfonamides is 1. The number of carbonyl (C=O) groups is 1.